The number of carbonyl (C=O) groups excluding carboxylic acids is 1. The zero-order valence-corrected chi connectivity index (χ0v) is 9.11. The maximum atomic E-state index is 11.2. The summed E-state index contributed by atoms with van der Waals surface area (Å²) in [6.07, 6.45) is 0. The quantitative estimate of drug-likeness (QED) is 0.452. The first-order chi connectivity index (χ1) is 6.69. The smallest absolute Gasteiger partial charge is 0.301 e. The first-order valence-electron chi connectivity index (χ1n) is 4.37. The van der Waals surface area contributed by atoms with E-state index in [1.54, 1.807) is 11.8 Å². The number of nitrogens with two attached hydrogens (primary N) is 1. The van der Waals surface area contributed by atoms with Crippen LogP contribution in [0.2, 0.25) is 0 Å². The molecule has 1 aromatic rings. The Morgan fingerprint density at radius 3 is 3.00 bits per heavy atom. The first kappa shape index (κ1) is 11.1. The van der Waals surface area contributed by atoms with Gasteiger partial charge in [-0.2, -0.15) is 11.8 Å². The summed E-state index contributed by atoms with van der Waals surface area (Å²) in [7, 11) is 0. The molecule has 0 saturated carbocycles. The molecule has 78 valence electrons. The average Bonchev–Trinajstić information content (AvgIpc) is 2.55. The highest BCUT2D eigenvalue weighted by Gasteiger charge is 2.13. The van der Waals surface area contributed by atoms with Gasteiger partial charge in [-0.25, -0.2) is 5.84 Å². The van der Waals surface area contributed by atoms with Crippen molar-refractivity contribution in [2.24, 2.45) is 5.84 Å². The molecule has 0 aliphatic carbocycles. The Bertz CT molecular complexity index is 323. The minimum absolute atomic E-state index is 0.305. The predicted molar refractivity (Wildman–Crippen MR) is 56.9 cm³/mol. The third-order valence-corrected chi connectivity index (χ3v) is 2.65. The van der Waals surface area contributed by atoms with Crippen LogP contribution in [0.15, 0.2) is 10.5 Å². The van der Waals surface area contributed by atoms with Gasteiger partial charge in [-0.1, -0.05) is 6.92 Å². The van der Waals surface area contributed by atoms with Crippen molar-refractivity contribution in [1.82, 2.24) is 5.43 Å². The Morgan fingerprint density at radius 2 is 2.43 bits per heavy atom. The van der Waals surface area contributed by atoms with E-state index in [0.717, 1.165) is 22.8 Å². The standard InChI is InChI=1S/C9H14N2O2S/c1-3-14-5-7-4-6(2)8(13-7)9(12)11-10/h4H,3,5,10H2,1-2H3,(H,11,12). The molecule has 0 aromatic carbocycles. The number of hydrogen-bond donors (Lipinski definition) is 2. The number of furan rings is 1. The fourth-order valence-corrected chi connectivity index (χ4v) is 1.66. The van der Waals surface area contributed by atoms with Crippen LogP contribution >= 0.6 is 11.8 Å². The molecule has 1 heterocycles. The van der Waals surface area contributed by atoms with Crippen LogP contribution in [0.25, 0.3) is 0 Å². The summed E-state index contributed by atoms with van der Waals surface area (Å²) in [6.45, 7) is 3.90. The Balaban J connectivity index is 2.77. The van der Waals surface area contributed by atoms with Crippen LogP contribution in [0.3, 0.4) is 0 Å². The van der Waals surface area contributed by atoms with E-state index >= 15 is 0 Å². The second kappa shape index (κ2) is 5.07. The van der Waals surface area contributed by atoms with E-state index in [1.165, 1.54) is 0 Å². The van der Waals surface area contributed by atoms with Crippen LogP contribution in [0.1, 0.15) is 28.8 Å². The Kier molecular flexibility index (Phi) is 4.03. The van der Waals surface area contributed by atoms with Gasteiger partial charge in [0.15, 0.2) is 5.76 Å². The third kappa shape index (κ3) is 2.52. The molecule has 0 bridgehead atoms. The number of carbonyl (C=O) groups is 1. The topological polar surface area (TPSA) is 68.3 Å². The highest BCUT2D eigenvalue weighted by Crippen LogP contribution is 2.19. The number of hydrogen-bond acceptors (Lipinski definition) is 4. The average molecular weight is 214 g/mol. The van der Waals surface area contributed by atoms with Crippen molar-refractivity contribution in [2.45, 2.75) is 19.6 Å². The number of thioether (sulfide) groups is 1. The molecule has 0 aliphatic heterocycles. The van der Waals surface area contributed by atoms with E-state index in [9.17, 15) is 4.79 Å². The van der Waals surface area contributed by atoms with Crippen molar-refractivity contribution in [3.05, 3.63) is 23.2 Å². The lowest BCUT2D eigenvalue weighted by Gasteiger charge is -1.95. The molecule has 0 aliphatic rings. The van der Waals surface area contributed by atoms with Gasteiger partial charge in [-0.15, -0.1) is 0 Å². The molecule has 3 N–H and O–H groups in total. The fourth-order valence-electron chi connectivity index (χ4n) is 1.11. The van der Waals surface area contributed by atoms with Crippen LogP contribution in [-0.2, 0) is 5.75 Å². The first-order valence-corrected chi connectivity index (χ1v) is 5.52. The van der Waals surface area contributed by atoms with E-state index in [4.69, 9.17) is 10.3 Å². The summed E-state index contributed by atoms with van der Waals surface area (Å²) in [6, 6.07) is 1.87. The normalized spacial score (nSPS) is 10.2. The maximum absolute atomic E-state index is 11.2. The molecule has 0 saturated heterocycles. The van der Waals surface area contributed by atoms with E-state index in [2.05, 4.69) is 12.3 Å². The van der Waals surface area contributed by atoms with E-state index in [-0.39, 0.29) is 5.91 Å². The number of aryl methyl sites for hydroxylation is 1. The number of hydrazine groups is 1. The van der Waals surface area contributed by atoms with Crippen LogP contribution in [0.5, 0.6) is 0 Å². The second-order valence-corrected chi connectivity index (χ2v) is 4.11. The summed E-state index contributed by atoms with van der Waals surface area (Å²) in [5.41, 5.74) is 2.87. The zero-order valence-electron chi connectivity index (χ0n) is 8.29. The molecule has 0 atom stereocenters. The largest absolute Gasteiger partial charge is 0.455 e. The lowest BCUT2D eigenvalue weighted by Crippen LogP contribution is -2.30. The lowest BCUT2D eigenvalue weighted by molar-refractivity contribution is 0.0923. The number of nitrogens with one attached hydrogen (secondary N) is 1. The molecule has 0 radical (unpaired) electrons. The van der Waals surface area contributed by atoms with Crippen molar-refractivity contribution in [3.8, 4) is 0 Å². The van der Waals surface area contributed by atoms with Crippen LogP contribution in [-0.4, -0.2) is 11.7 Å². The minimum Gasteiger partial charge on any atom is -0.455 e. The minimum atomic E-state index is -0.379. The van der Waals surface area contributed by atoms with Crippen molar-refractivity contribution < 1.29 is 9.21 Å². The zero-order chi connectivity index (χ0) is 10.6. The monoisotopic (exact) mass is 214 g/mol. The predicted octanol–water partition coefficient (Wildman–Crippen LogP) is 1.44. The van der Waals surface area contributed by atoms with Gasteiger partial charge in [0, 0.05) is 5.56 Å². The van der Waals surface area contributed by atoms with E-state index < -0.39 is 0 Å². The summed E-state index contributed by atoms with van der Waals surface area (Å²) < 4.78 is 5.36. The van der Waals surface area contributed by atoms with Crippen molar-refractivity contribution in [3.63, 3.8) is 0 Å². The molecule has 1 amide bonds. The highest BCUT2D eigenvalue weighted by atomic mass is 32.2. The number of amides is 1. The van der Waals surface area contributed by atoms with Crippen molar-refractivity contribution in [2.75, 3.05) is 5.75 Å². The maximum Gasteiger partial charge on any atom is 0.301 e. The summed E-state index contributed by atoms with van der Waals surface area (Å²) in [5.74, 6) is 7.57. The van der Waals surface area contributed by atoms with Gasteiger partial charge in [0.25, 0.3) is 0 Å². The molecule has 1 rings (SSSR count). The van der Waals surface area contributed by atoms with Gasteiger partial charge in [0.2, 0.25) is 0 Å². The van der Waals surface area contributed by atoms with Gasteiger partial charge in [0.05, 0.1) is 5.75 Å². The molecule has 1 aromatic heterocycles. The van der Waals surface area contributed by atoms with Gasteiger partial charge in [-0.3, -0.25) is 10.2 Å². The molecular formula is C9H14N2O2S. The van der Waals surface area contributed by atoms with Gasteiger partial charge in [-0.05, 0) is 18.7 Å². The van der Waals surface area contributed by atoms with Crippen molar-refractivity contribution in [1.29, 1.82) is 0 Å². The Hall–Kier alpha value is -0.940. The molecular weight excluding hydrogens is 200 g/mol. The molecule has 0 unspecified atom stereocenters. The van der Waals surface area contributed by atoms with Gasteiger partial charge < -0.3 is 4.42 Å². The van der Waals surface area contributed by atoms with Crippen LogP contribution in [0.4, 0.5) is 0 Å². The van der Waals surface area contributed by atoms with E-state index in [0.29, 0.717) is 5.76 Å². The van der Waals surface area contributed by atoms with Crippen LogP contribution in [0, 0.1) is 6.92 Å². The molecule has 0 spiro atoms. The highest BCUT2D eigenvalue weighted by molar-refractivity contribution is 7.98. The molecule has 0 fully saturated rings. The molecule has 14 heavy (non-hydrogen) atoms. The van der Waals surface area contributed by atoms with E-state index in [1.807, 2.05) is 13.0 Å². The SMILES string of the molecule is CCSCc1cc(C)c(C(=O)NN)o1. The Labute approximate surface area is 87.2 Å². The van der Waals surface area contributed by atoms with Gasteiger partial charge >= 0.3 is 5.91 Å². The molecule has 5 heteroatoms. The fraction of sp³-hybridized carbons (Fsp3) is 0.444. The third-order valence-electron chi connectivity index (χ3n) is 1.75. The Morgan fingerprint density at radius 1 is 1.71 bits per heavy atom. The summed E-state index contributed by atoms with van der Waals surface area (Å²) in [4.78, 5) is 11.2. The second-order valence-electron chi connectivity index (χ2n) is 2.84. The molecule has 4 nitrogen and oxygen atoms in total. The summed E-state index contributed by atoms with van der Waals surface area (Å²) >= 11 is 1.75. The summed E-state index contributed by atoms with van der Waals surface area (Å²) in [5, 5.41) is 0. The lowest BCUT2D eigenvalue weighted by atomic mass is 10.2. The van der Waals surface area contributed by atoms with Crippen LogP contribution < -0.4 is 11.3 Å². The number of rotatable bonds is 4. The van der Waals surface area contributed by atoms with Crippen molar-refractivity contribution >= 4 is 17.7 Å². The van der Waals surface area contributed by atoms with Gasteiger partial charge in [0.1, 0.15) is 5.76 Å². The number of nitrogen functional groups attached to an aromatic ring is 1.